The number of benzene rings is 1. The maximum Gasteiger partial charge on any atom is 0.124 e. The average Bonchev–Trinajstić information content (AvgIpc) is 2.23. The van der Waals surface area contributed by atoms with Crippen molar-refractivity contribution in [2.24, 2.45) is 11.3 Å². The van der Waals surface area contributed by atoms with Crippen LogP contribution in [0, 0.1) is 17.2 Å². The molecule has 0 fully saturated rings. The minimum absolute atomic E-state index is 0.115. The van der Waals surface area contributed by atoms with Crippen LogP contribution >= 0.6 is 15.9 Å². The van der Waals surface area contributed by atoms with E-state index >= 15 is 0 Å². The molecule has 1 unspecified atom stereocenters. The van der Waals surface area contributed by atoms with Crippen LogP contribution < -0.4 is 5.32 Å². The summed E-state index contributed by atoms with van der Waals surface area (Å²) in [6, 6.07) is 4.97. The molecule has 0 aliphatic heterocycles. The Bertz CT molecular complexity index is 443. The highest BCUT2D eigenvalue weighted by Gasteiger charge is 2.26. The summed E-state index contributed by atoms with van der Waals surface area (Å²) < 4.78 is 14.0. The average molecular weight is 344 g/mol. The number of hydrogen-bond donors (Lipinski definition) is 1. The van der Waals surface area contributed by atoms with Crippen LogP contribution in [0.2, 0.25) is 0 Å². The zero-order valence-electron chi connectivity index (χ0n) is 13.5. The van der Waals surface area contributed by atoms with E-state index in [0.717, 1.165) is 17.4 Å². The quantitative estimate of drug-likeness (QED) is 0.793. The van der Waals surface area contributed by atoms with E-state index < -0.39 is 0 Å². The van der Waals surface area contributed by atoms with Crippen LogP contribution in [0.15, 0.2) is 22.7 Å². The second kappa shape index (κ2) is 6.57. The first-order valence-corrected chi connectivity index (χ1v) is 7.97. The van der Waals surface area contributed by atoms with E-state index in [2.05, 4.69) is 62.8 Å². The molecule has 1 aromatic rings. The predicted octanol–water partition coefficient (Wildman–Crippen LogP) is 5.18. The number of halogens is 2. The van der Waals surface area contributed by atoms with Gasteiger partial charge in [-0.05, 0) is 62.8 Å². The fraction of sp³-hybridized carbons (Fsp3) is 0.647. The van der Waals surface area contributed by atoms with Crippen molar-refractivity contribution in [3.63, 3.8) is 0 Å². The van der Waals surface area contributed by atoms with Gasteiger partial charge in [-0.3, -0.25) is 0 Å². The van der Waals surface area contributed by atoms with Gasteiger partial charge in [-0.1, -0.05) is 42.8 Å². The minimum atomic E-state index is -0.194. The molecule has 1 nitrogen and oxygen atoms in total. The van der Waals surface area contributed by atoms with E-state index in [1.807, 2.05) is 6.07 Å². The van der Waals surface area contributed by atoms with Crippen LogP contribution in [-0.2, 0) is 6.42 Å². The van der Waals surface area contributed by atoms with Gasteiger partial charge >= 0.3 is 0 Å². The Labute approximate surface area is 131 Å². The minimum Gasteiger partial charge on any atom is -0.312 e. The maximum atomic E-state index is 13.2. The number of rotatable bonds is 4. The van der Waals surface area contributed by atoms with E-state index in [1.165, 1.54) is 11.6 Å². The molecule has 0 heterocycles. The van der Waals surface area contributed by atoms with Gasteiger partial charge in [0, 0.05) is 10.0 Å². The zero-order valence-corrected chi connectivity index (χ0v) is 15.1. The number of nitrogens with one attached hydrogen (secondary N) is 1. The van der Waals surface area contributed by atoms with Crippen LogP contribution in [0.4, 0.5) is 4.39 Å². The molecule has 0 spiro atoms. The first kappa shape index (κ1) is 17.6. The molecular formula is C17H27BrFN. The third kappa shape index (κ3) is 5.92. The van der Waals surface area contributed by atoms with Crippen molar-refractivity contribution < 1.29 is 4.39 Å². The molecule has 0 aromatic heterocycles. The lowest BCUT2D eigenvalue weighted by atomic mass is 9.77. The van der Waals surface area contributed by atoms with Gasteiger partial charge in [-0.25, -0.2) is 4.39 Å². The summed E-state index contributed by atoms with van der Waals surface area (Å²) in [4.78, 5) is 0. The Morgan fingerprint density at radius 3 is 2.20 bits per heavy atom. The standard InChI is InChI=1S/C17H27BrFN/c1-16(2,3)13(11-20-17(4,5)6)9-12-7-8-14(19)10-15(12)18/h7-8,10,13,20H,9,11H2,1-6H3. The molecule has 1 atom stereocenters. The van der Waals surface area contributed by atoms with Crippen LogP contribution in [0.25, 0.3) is 0 Å². The highest BCUT2D eigenvalue weighted by molar-refractivity contribution is 9.10. The highest BCUT2D eigenvalue weighted by atomic mass is 79.9. The van der Waals surface area contributed by atoms with E-state index in [0.29, 0.717) is 5.92 Å². The molecule has 0 saturated heterocycles. The molecule has 0 saturated carbocycles. The molecule has 114 valence electrons. The fourth-order valence-electron chi connectivity index (χ4n) is 2.07. The Kier molecular flexibility index (Phi) is 5.79. The molecule has 1 aromatic carbocycles. The van der Waals surface area contributed by atoms with Crippen LogP contribution in [0.3, 0.4) is 0 Å². The summed E-state index contributed by atoms with van der Waals surface area (Å²) in [5.41, 5.74) is 1.48. The summed E-state index contributed by atoms with van der Waals surface area (Å²) in [5, 5.41) is 3.59. The van der Waals surface area contributed by atoms with E-state index in [4.69, 9.17) is 0 Å². The van der Waals surface area contributed by atoms with Gasteiger partial charge in [0.25, 0.3) is 0 Å². The molecule has 1 rings (SSSR count). The number of hydrogen-bond acceptors (Lipinski definition) is 1. The topological polar surface area (TPSA) is 12.0 Å². The Morgan fingerprint density at radius 1 is 1.15 bits per heavy atom. The monoisotopic (exact) mass is 343 g/mol. The van der Waals surface area contributed by atoms with Crippen LogP contribution in [-0.4, -0.2) is 12.1 Å². The lowest BCUT2D eigenvalue weighted by Crippen LogP contribution is -2.42. The highest BCUT2D eigenvalue weighted by Crippen LogP contribution is 2.31. The largest absolute Gasteiger partial charge is 0.312 e. The zero-order chi connectivity index (χ0) is 15.6. The van der Waals surface area contributed by atoms with E-state index in [-0.39, 0.29) is 16.8 Å². The molecular weight excluding hydrogens is 317 g/mol. The van der Waals surface area contributed by atoms with Crippen molar-refractivity contribution in [2.45, 2.75) is 53.5 Å². The van der Waals surface area contributed by atoms with Crippen molar-refractivity contribution in [2.75, 3.05) is 6.54 Å². The lowest BCUT2D eigenvalue weighted by molar-refractivity contribution is 0.214. The SMILES string of the molecule is CC(C)(C)NCC(Cc1ccc(F)cc1Br)C(C)(C)C. The van der Waals surface area contributed by atoms with Gasteiger partial charge in [0.15, 0.2) is 0 Å². The summed E-state index contributed by atoms with van der Waals surface area (Å²) in [7, 11) is 0. The molecule has 0 bridgehead atoms. The second-order valence-electron chi connectivity index (χ2n) is 7.63. The Morgan fingerprint density at radius 2 is 1.75 bits per heavy atom. The van der Waals surface area contributed by atoms with Crippen molar-refractivity contribution in [3.8, 4) is 0 Å². The molecule has 3 heteroatoms. The summed E-state index contributed by atoms with van der Waals surface area (Å²) in [5.74, 6) is 0.296. The lowest BCUT2D eigenvalue weighted by Gasteiger charge is -2.34. The predicted molar refractivity (Wildman–Crippen MR) is 88.5 cm³/mol. The molecule has 0 aliphatic carbocycles. The fourth-order valence-corrected chi connectivity index (χ4v) is 2.58. The van der Waals surface area contributed by atoms with E-state index in [1.54, 1.807) is 6.07 Å². The first-order valence-electron chi connectivity index (χ1n) is 7.18. The third-order valence-corrected chi connectivity index (χ3v) is 4.32. The van der Waals surface area contributed by atoms with Crippen molar-refractivity contribution >= 4 is 15.9 Å². The molecule has 1 N–H and O–H groups in total. The second-order valence-corrected chi connectivity index (χ2v) is 8.49. The van der Waals surface area contributed by atoms with E-state index in [9.17, 15) is 4.39 Å². The smallest absolute Gasteiger partial charge is 0.124 e. The van der Waals surface area contributed by atoms with Gasteiger partial charge in [0.05, 0.1) is 0 Å². The first-order chi connectivity index (χ1) is 8.99. The van der Waals surface area contributed by atoms with Crippen molar-refractivity contribution in [1.29, 1.82) is 0 Å². The molecule has 0 radical (unpaired) electrons. The van der Waals surface area contributed by atoms with Gasteiger partial charge in [-0.2, -0.15) is 0 Å². The Hall–Kier alpha value is -0.410. The normalized spacial score (nSPS) is 14.4. The molecule has 0 amide bonds. The van der Waals surface area contributed by atoms with Gasteiger partial charge < -0.3 is 5.32 Å². The summed E-state index contributed by atoms with van der Waals surface area (Å²) in [6.45, 7) is 14.3. The maximum absolute atomic E-state index is 13.2. The molecule has 20 heavy (non-hydrogen) atoms. The van der Waals surface area contributed by atoms with Gasteiger partial charge in [-0.15, -0.1) is 0 Å². The summed E-state index contributed by atoms with van der Waals surface area (Å²) in [6.07, 6.45) is 0.938. The van der Waals surface area contributed by atoms with Crippen molar-refractivity contribution in [1.82, 2.24) is 5.32 Å². The van der Waals surface area contributed by atoms with Crippen molar-refractivity contribution in [3.05, 3.63) is 34.1 Å². The third-order valence-electron chi connectivity index (χ3n) is 3.58. The van der Waals surface area contributed by atoms with Gasteiger partial charge in [0.1, 0.15) is 5.82 Å². The van der Waals surface area contributed by atoms with Gasteiger partial charge in [0.2, 0.25) is 0 Å². The van der Waals surface area contributed by atoms with Crippen LogP contribution in [0.1, 0.15) is 47.1 Å². The summed E-state index contributed by atoms with van der Waals surface area (Å²) >= 11 is 3.47. The Balaban J connectivity index is 2.85. The molecule has 0 aliphatic rings. The van der Waals surface area contributed by atoms with Crippen LogP contribution in [0.5, 0.6) is 0 Å².